The van der Waals surface area contributed by atoms with Crippen molar-refractivity contribution in [2.24, 2.45) is 7.05 Å². The summed E-state index contributed by atoms with van der Waals surface area (Å²) in [4.78, 5) is 2.43. The van der Waals surface area contributed by atoms with Gasteiger partial charge in [-0.3, -0.25) is 9.58 Å². The van der Waals surface area contributed by atoms with Crippen LogP contribution >= 0.6 is 27.7 Å². The van der Waals surface area contributed by atoms with Crippen molar-refractivity contribution < 1.29 is 0 Å². The molecule has 18 heavy (non-hydrogen) atoms. The van der Waals surface area contributed by atoms with Gasteiger partial charge in [0.25, 0.3) is 0 Å². The Morgan fingerprint density at radius 1 is 1.44 bits per heavy atom. The van der Waals surface area contributed by atoms with Gasteiger partial charge in [0.2, 0.25) is 0 Å². The maximum atomic E-state index is 4.55. The first-order chi connectivity index (χ1) is 8.54. The van der Waals surface area contributed by atoms with Crippen LogP contribution in [-0.4, -0.2) is 39.8 Å². The highest BCUT2D eigenvalue weighted by atomic mass is 79.9. The molecule has 0 bridgehead atoms. The molecule has 0 amide bonds. The molecule has 104 valence electrons. The van der Waals surface area contributed by atoms with E-state index in [2.05, 4.69) is 53.1 Å². The molecule has 0 N–H and O–H groups in total. The van der Waals surface area contributed by atoms with Gasteiger partial charge in [0.05, 0.1) is 15.9 Å². The Hall–Kier alpha value is -0.000000000000000111. The van der Waals surface area contributed by atoms with Crippen molar-refractivity contribution in [2.75, 3.05) is 19.1 Å². The lowest BCUT2D eigenvalue weighted by Crippen LogP contribution is -2.33. The number of rotatable bonds is 7. The van der Waals surface area contributed by atoms with Gasteiger partial charge < -0.3 is 0 Å². The Morgan fingerprint density at radius 3 is 2.56 bits per heavy atom. The second-order valence-electron chi connectivity index (χ2n) is 4.62. The number of nitrogens with zero attached hydrogens (tertiary/aromatic N) is 3. The molecule has 5 heteroatoms. The molecule has 1 aromatic heterocycles. The summed E-state index contributed by atoms with van der Waals surface area (Å²) in [6, 6.07) is 0.631. The summed E-state index contributed by atoms with van der Waals surface area (Å²) >= 11 is 5.60. The fraction of sp³-hybridized carbons (Fsp3) is 0.769. The molecule has 0 spiro atoms. The van der Waals surface area contributed by atoms with Crippen molar-refractivity contribution in [2.45, 2.75) is 39.3 Å². The lowest BCUT2D eigenvalue weighted by molar-refractivity contribution is 0.241. The van der Waals surface area contributed by atoms with Gasteiger partial charge in [-0.1, -0.05) is 13.8 Å². The Labute approximate surface area is 123 Å². The number of halogens is 1. The van der Waals surface area contributed by atoms with Crippen LogP contribution in [0.5, 0.6) is 0 Å². The van der Waals surface area contributed by atoms with E-state index < -0.39 is 0 Å². The van der Waals surface area contributed by atoms with Crippen LogP contribution in [0.4, 0.5) is 0 Å². The highest BCUT2D eigenvalue weighted by Gasteiger charge is 2.18. The van der Waals surface area contributed by atoms with E-state index in [0.717, 1.165) is 18.7 Å². The van der Waals surface area contributed by atoms with Crippen molar-refractivity contribution >= 4 is 27.7 Å². The molecular formula is C13H24BrN3S. The third-order valence-electron chi connectivity index (χ3n) is 3.36. The van der Waals surface area contributed by atoms with Crippen molar-refractivity contribution in [3.05, 3.63) is 15.9 Å². The van der Waals surface area contributed by atoms with Crippen LogP contribution in [0.1, 0.15) is 31.7 Å². The van der Waals surface area contributed by atoms with E-state index in [0.29, 0.717) is 6.04 Å². The van der Waals surface area contributed by atoms with Crippen LogP contribution in [-0.2, 0) is 20.0 Å². The zero-order valence-electron chi connectivity index (χ0n) is 12.0. The molecule has 0 aliphatic carbocycles. The highest BCUT2D eigenvalue weighted by molar-refractivity contribution is 9.10. The summed E-state index contributed by atoms with van der Waals surface area (Å²) < 4.78 is 3.18. The molecule has 1 atom stereocenters. The van der Waals surface area contributed by atoms with E-state index in [1.807, 2.05) is 23.5 Å². The molecule has 0 aromatic carbocycles. The number of hydrogen-bond acceptors (Lipinski definition) is 3. The minimum atomic E-state index is 0.631. The molecule has 0 fully saturated rings. The lowest BCUT2D eigenvalue weighted by atomic mass is 10.2. The first kappa shape index (κ1) is 16.1. The van der Waals surface area contributed by atoms with Crippen LogP contribution in [0, 0.1) is 0 Å². The summed E-state index contributed by atoms with van der Waals surface area (Å²) in [6.07, 6.45) is 4.33. The van der Waals surface area contributed by atoms with Gasteiger partial charge in [0.15, 0.2) is 0 Å². The molecular weight excluding hydrogens is 310 g/mol. The highest BCUT2D eigenvalue weighted by Crippen LogP contribution is 2.23. The number of aromatic nitrogens is 2. The van der Waals surface area contributed by atoms with Crippen LogP contribution in [0.15, 0.2) is 4.47 Å². The van der Waals surface area contributed by atoms with Gasteiger partial charge in [-0.05, 0) is 42.1 Å². The van der Waals surface area contributed by atoms with Gasteiger partial charge >= 0.3 is 0 Å². The van der Waals surface area contributed by atoms with E-state index in [4.69, 9.17) is 0 Å². The summed E-state index contributed by atoms with van der Waals surface area (Å²) in [5.41, 5.74) is 2.42. The monoisotopic (exact) mass is 333 g/mol. The predicted molar refractivity (Wildman–Crippen MR) is 84.2 cm³/mol. The van der Waals surface area contributed by atoms with Crippen LogP contribution in [0.25, 0.3) is 0 Å². The summed E-state index contributed by atoms with van der Waals surface area (Å²) in [5.74, 6) is 1.18. The smallest absolute Gasteiger partial charge is 0.0767 e. The largest absolute Gasteiger partial charge is 0.297 e. The van der Waals surface area contributed by atoms with Gasteiger partial charge in [-0.15, -0.1) is 0 Å². The van der Waals surface area contributed by atoms with Gasteiger partial charge in [-0.25, -0.2) is 0 Å². The Morgan fingerprint density at radius 2 is 2.11 bits per heavy atom. The first-order valence-electron chi connectivity index (χ1n) is 6.44. The van der Waals surface area contributed by atoms with Crippen molar-refractivity contribution in [1.29, 1.82) is 0 Å². The number of aryl methyl sites for hydroxylation is 2. The molecule has 0 saturated heterocycles. The molecule has 1 aromatic rings. The second kappa shape index (κ2) is 7.56. The van der Waals surface area contributed by atoms with Crippen LogP contribution in [0.2, 0.25) is 0 Å². The topological polar surface area (TPSA) is 21.1 Å². The minimum Gasteiger partial charge on any atom is -0.297 e. The molecule has 1 heterocycles. The maximum absolute atomic E-state index is 4.55. The third kappa shape index (κ3) is 3.75. The van der Waals surface area contributed by atoms with E-state index in [1.54, 1.807) is 0 Å². The quantitative estimate of drug-likeness (QED) is 0.763. The van der Waals surface area contributed by atoms with E-state index in [1.165, 1.54) is 22.3 Å². The molecule has 0 radical (unpaired) electrons. The Kier molecular flexibility index (Phi) is 6.74. The fourth-order valence-electron chi connectivity index (χ4n) is 2.11. The maximum Gasteiger partial charge on any atom is 0.0767 e. The van der Waals surface area contributed by atoms with Crippen molar-refractivity contribution in [3.8, 4) is 0 Å². The summed E-state index contributed by atoms with van der Waals surface area (Å²) in [7, 11) is 4.23. The predicted octanol–water partition coefficient (Wildman–Crippen LogP) is 3.32. The molecule has 1 rings (SSSR count). The fourth-order valence-corrected chi connectivity index (χ4v) is 3.72. The zero-order chi connectivity index (χ0) is 13.7. The molecule has 0 aliphatic heterocycles. The summed E-state index contributed by atoms with van der Waals surface area (Å²) in [6.45, 7) is 5.35. The zero-order valence-corrected chi connectivity index (χ0v) is 14.4. The Bertz CT molecular complexity index is 379. The first-order valence-corrected chi connectivity index (χ1v) is 8.63. The average molecular weight is 334 g/mol. The summed E-state index contributed by atoms with van der Waals surface area (Å²) in [5, 5.41) is 4.55. The molecule has 3 nitrogen and oxygen atoms in total. The molecule has 0 aliphatic rings. The third-order valence-corrected chi connectivity index (χ3v) is 4.99. The van der Waals surface area contributed by atoms with E-state index in [-0.39, 0.29) is 0 Å². The minimum absolute atomic E-state index is 0.631. The van der Waals surface area contributed by atoms with Crippen LogP contribution in [0.3, 0.4) is 0 Å². The second-order valence-corrected chi connectivity index (χ2v) is 6.32. The standard InChI is InChI=1S/C13H24BrN3S/c1-6-10(9-18-5)16(3)8-12-13(14)11(7-2)15-17(12)4/h10H,6-9H2,1-5H3. The van der Waals surface area contributed by atoms with Gasteiger partial charge in [0.1, 0.15) is 0 Å². The molecule has 0 saturated carbocycles. The number of hydrogen-bond donors (Lipinski definition) is 0. The normalized spacial score (nSPS) is 13.3. The van der Waals surface area contributed by atoms with Crippen LogP contribution < -0.4 is 0 Å². The van der Waals surface area contributed by atoms with Crippen molar-refractivity contribution in [1.82, 2.24) is 14.7 Å². The SMILES string of the molecule is CCc1nn(C)c(CN(C)C(CC)CSC)c1Br. The Balaban J connectivity index is 2.80. The molecule has 1 unspecified atom stereocenters. The lowest BCUT2D eigenvalue weighted by Gasteiger charge is -2.26. The number of thioether (sulfide) groups is 1. The van der Waals surface area contributed by atoms with E-state index in [9.17, 15) is 0 Å². The van der Waals surface area contributed by atoms with Crippen molar-refractivity contribution in [3.63, 3.8) is 0 Å². The van der Waals surface area contributed by atoms with E-state index >= 15 is 0 Å². The average Bonchev–Trinajstić information content (AvgIpc) is 2.63. The van der Waals surface area contributed by atoms with Gasteiger partial charge in [-0.2, -0.15) is 16.9 Å². The van der Waals surface area contributed by atoms with Gasteiger partial charge in [0, 0.05) is 25.4 Å².